The number of rotatable bonds is 3. The molecular formula is C14H10BrCl3O. The van der Waals surface area contributed by atoms with Crippen molar-refractivity contribution < 1.29 is 4.74 Å². The Morgan fingerprint density at radius 1 is 1.05 bits per heavy atom. The van der Waals surface area contributed by atoms with Gasteiger partial charge in [-0.25, -0.2) is 0 Å². The molecule has 2 aromatic rings. The van der Waals surface area contributed by atoms with Crippen molar-refractivity contribution in [2.45, 2.75) is 5.38 Å². The molecular weight excluding hydrogens is 370 g/mol. The second-order valence-corrected chi connectivity index (χ2v) is 6.03. The van der Waals surface area contributed by atoms with Gasteiger partial charge in [0.2, 0.25) is 0 Å². The van der Waals surface area contributed by atoms with E-state index >= 15 is 0 Å². The number of hydrogen-bond acceptors (Lipinski definition) is 1. The highest BCUT2D eigenvalue weighted by Crippen LogP contribution is 2.37. The van der Waals surface area contributed by atoms with Crippen LogP contribution in [0.4, 0.5) is 0 Å². The molecule has 0 bridgehead atoms. The van der Waals surface area contributed by atoms with Crippen LogP contribution in [0.15, 0.2) is 40.9 Å². The van der Waals surface area contributed by atoms with Gasteiger partial charge in [0, 0.05) is 9.50 Å². The summed E-state index contributed by atoms with van der Waals surface area (Å²) in [6.45, 7) is 0. The summed E-state index contributed by atoms with van der Waals surface area (Å²) in [5.74, 6) is 0.700. The van der Waals surface area contributed by atoms with Crippen molar-refractivity contribution in [1.82, 2.24) is 0 Å². The fourth-order valence-electron chi connectivity index (χ4n) is 1.69. The predicted molar refractivity (Wildman–Crippen MR) is 84.9 cm³/mol. The third-order valence-corrected chi connectivity index (χ3v) is 4.76. The van der Waals surface area contributed by atoms with Crippen molar-refractivity contribution in [2.75, 3.05) is 7.11 Å². The molecule has 0 aromatic heterocycles. The Bertz CT molecular complexity index is 601. The molecule has 2 aromatic carbocycles. The van der Waals surface area contributed by atoms with E-state index in [4.69, 9.17) is 39.5 Å². The van der Waals surface area contributed by atoms with Crippen molar-refractivity contribution in [3.8, 4) is 5.75 Å². The molecule has 1 unspecified atom stereocenters. The number of benzene rings is 2. The zero-order valence-electron chi connectivity index (χ0n) is 9.96. The Hall–Kier alpha value is -0.410. The Kier molecular flexibility index (Phi) is 5.02. The first kappa shape index (κ1) is 15.0. The molecule has 0 aliphatic carbocycles. The molecule has 0 amide bonds. The van der Waals surface area contributed by atoms with Crippen molar-refractivity contribution >= 4 is 50.7 Å². The first-order valence-corrected chi connectivity index (χ1v) is 7.44. The van der Waals surface area contributed by atoms with Gasteiger partial charge in [-0.3, -0.25) is 0 Å². The molecule has 19 heavy (non-hydrogen) atoms. The lowest BCUT2D eigenvalue weighted by Crippen LogP contribution is -1.95. The van der Waals surface area contributed by atoms with E-state index < -0.39 is 0 Å². The molecule has 0 saturated carbocycles. The van der Waals surface area contributed by atoms with E-state index in [0.717, 1.165) is 15.6 Å². The molecule has 2 rings (SSSR count). The van der Waals surface area contributed by atoms with Gasteiger partial charge >= 0.3 is 0 Å². The second-order valence-electron chi connectivity index (χ2n) is 3.92. The second kappa shape index (κ2) is 6.36. The minimum atomic E-state index is -0.357. The van der Waals surface area contributed by atoms with Gasteiger partial charge in [0.15, 0.2) is 0 Å². The normalized spacial score (nSPS) is 12.3. The molecule has 0 N–H and O–H groups in total. The van der Waals surface area contributed by atoms with Gasteiger partial charge in [-0.1, -0.05) is 35.3 Å². The lowest BCUT2D eigenvalue weighted by atomic mass is 10.0. The van der Waals surface area contributed by atoms with Crippen LogP contribution in [0.1, 0.15) is 16.5 Å². The van der Waals surface area contributed by atoms with E-state index in [-0.39, 0.29) is 5.38 Å². The number of methoxy groups -OCH3 is 1. The van der Waals surface area contributed by atoms with Crippen molar-refractivity contribution in [2.24, 2.45) is 0 Å². The van der Waals surface area contributed by atoms with Gasteiger partial charge in [0.25, 0.3) is 0 Å². The molecule has 0 heterocycles. The smallest absolute Gasteiger partial charge is 0.120 e. The number of alkyl halides is 1. The summed E-state index contributed by atoms with van der Waals surface area (Å²) < 4.78 is 5.95. The van der Waals surface area contributed by atoms with Gasteiger partial charge < -0.3 is 4.74 Å². The fourth-order valence-corrected chi connectivity index (χ4v) is 2.79. The van der Waals surface area contributed by atoms with Crippen LogP contribution in [0.2, 0.25) is 10.0 Å². The van der Waals surface area contributed by atoms with E-state index in [0.29, 0.717) is 15.8 Å². The molecule has 5 heteroatoms. The Labute approximate surface area is 135 Å². The van der Waals surface area contributed by atoms with Crippen LogP contribution in [0.3, 0.4) is 0 Å². The van der Waals surface area contributed by atoms with E-state index in [9.17, 15) is 0 Å². The van der Waals surface area contributed by atoms with E-state index in [2.05, 4.69) is 15.9 Å². The molecule has 0 aliphatic rings. The maximum atomic E-state index is 6.46. The minimum absolute atomic E-state index is 0.357. The summed E-state index contributed by atoms with van der Waals surface area (Å²) in [5.41, 5.74) is 1.71. The molecule has 0 spiro atoms. The van der Waals surface area contributed by atoms with Crippen LogP contribution >= 0.6 is 50.7 Å². The van der Waals surface area contributed by atoms with Crippen molar-refractivity contribution in [3.05, 3.63) is 62.0 Å². The molecule has 0 fully saturated rings. The highest BCUT2D eigenvalue weighted by molar-refractivity contribution is 9.10. The van der Waals surface area contributed by atoms with Gasteiger partial charge in [-0.05, 0) is 51.3 Å². The summed E-state index contributed by atoms with van der Waals surface area (Å²) in [6, 6.07) is 11.0. The third-order valence-electron chi connectivity index (χ3n) is 2.72. The minimum Gasteiger partial charge on any atom is -0.497 e. The molecule has 1 nitrogen and oxygen atoms in total. The molecule has 0 radical (unpaired) electrons. The summed E-state index contributed by atoms with van der Waals surface area (Å²) >= 11 is 22.1. The number of ether oxygens (including phenoxy) is 1. The summed E-state index contributed by atoms with van der Waals surface area (Å²) in [4.78, 5) is 0. The third kappa shape index (κ3) is 3.38. The van der Waals surface area contributed by atoms with Crippen molar-refractivity contribution in [3.63, 3.8) is 0 Å². The standard InChI is InChI=1S/C14H10BrCl3O/c1-19-9-3-4-10(12(16)7-9)14(18)8-2-5-11(15)13(17)6-8/h2-7,14H,1H3. The molecule has 100 valence electrons. The summed E-state index contributed by atoms with van der Waals surface area (Å²) in [5, 5.41) is 0.829. The van der Waals surface area contributed by atoms with E-state index in [1.54, 1.807) is 13.2 Å². The zero-order valence-corrected chi connectivity index (χ0v) is 13.8. The molecule has 0 saturated heterocycles. The van der Waals surface area contributed by atoms with Crippen LogP contribution in [-0.2, 0) is 0 Å². The average molecular weight is 380 g/mol. The SMILES string of the molecule is COc1ccc(C(Cl)c2ccc(Br)c(Cl)c2)c(Cl)c1. The van der Waals surface area contributed by atoms with Crippen LogP contribution in [-0.4, -0.2) is 7.11 Å². The van der Waals surface area contributed by atoms with Gasteiger partial charge in [-0.15, -0.1) is 11.6 Å². The summed E-state index contributed by atoms with van der Waals surface area (Å²) in [6.07, 6.45) is 0. The van der Waals surface area contributed by atoms with Crippen LogP contribution in [0, 0.1) is 0 Å². The molecule has 1 atom stereocenters. The van der Waals surface area contributed by atoms with Gasteiger partial charge in [-0.2, -0.15) is 0 Å². The maximum Gasteiger partial charge on any atom is 0.120 e. The predicted octanol–water partition coefficient (Wildman–Crippen LogP) is 6.09. The monoisotopic (exact) mass is 378 g/mol. The zero-order chi connectivity index (χ0) is 14.0. The van der Waals surface area contributed by atoms with E-state index in [1.807, 2.05) is 30.3 Å². The molecule has 0 aliphatic heterocycles. The first-order valence-electron chi connectivity index (χ1n) is 5.45. The fraction of sp³-hybridized carbons (Fsp3) is 0.143. The largest absolute Gasteiger partial charge is 0.497 e. The highest BCUT2D eigenvalue weighted by Gasteiger charge is 2.15. The van der Waals surface area contributed by atoms with E-state index in [1.165, 1.54) is 0 Å². The van der Waals surface area contributed by atoms with Crippen molar-refractivity contribution in [1.29, 1.82) is 0 Å². The number of halogens is 4. The lowest BCUT2D eigenvalue weighted by molar-refractivity contribution is 0.414. The highest BCUT2D eigenvalue weighted by atomic mass is 79.9. The lowest BCUT2D eigenvalue weighted by Gasteiger charge is -2.14. The quantitative estimate of drug-likeness (QED) is 0.585. The Balaban J connectivity index is 2.38. The Morgan fingerprint density at radius 3 is 2.37 bits per heavy atom. The topological polar surface area (TPSA) is 9.23 Å². The van der Waals surface area contributed by atoms with Gasteiger partial charge in [0.1, 0.15) is 5.75 Å². The Morgan fingerprint density at radius 2 is 1.79 bits per heavy atom. The van der Waals surface area contributed by atoms with Crippen LogP contribution in [0.25, 0.3) is 0 Å². The maximum absolute atomic E-state index is 6.46. The summed E-state index contributed by atoms with van der Waals surface area (Å²) in [7, 11) is 1.60. The van der Waals surface area contributed by atoms with Gasteiger partial charge in [0.05, 0.1) is 17.5 Å². The van der Waals surface area contributed by atoms with Crippen LogP contribution < -0.4 is 4.74 Å². The average Bonchev–Trinajstić information content (AvgIpc) is 2.41. The first-order chi connectivity index (χ1) is 9.02. The number of hydrogen-bond donors (Lipinski definition) is 0. The van der Waals surface area contributed by atoms with Crippen LogP contribution in [0.5, 0.6) is 5.75 Å².